The fourth-order valence-electron chi connectivity index (χ4n) is 1.05. The molecule has 1 aromatic rings. The number of anilines is 1. The van der Waals surface area contributed by atoms with Crippen molar-refractivity contribution < 1.29 is 0 Å². The Morgan fingerprint density at radius 2 is 2.23 bits per heavy atom. The summed E-state index contributed by atoms with van der Waals surface area (Å²) in [5, 5.41) is 0. The molecule has 0 aliphatic carbocycles. The zero-order chi connectivity index (χ0) is 9.84. The standard InChI is InChI=1S/C10H17N3/c1-4-13(3)10-6-5-9(7-12-10)8(2)11/h5-8H,4,11H2,1-3H3. The van der Waals surface area contributed by atoms with Crippen LogP contribution >= 0.6 is 0 Å². The van der Waals surface area contributed by atoms with E-state index in [1.54, 1.807) is 0 Å². The molecule has 1 heterocycles. The summed E-state index contributed by atoms with van der Waals surface area (Å²) in [5.41, 5.74) is 6.80. The Morgan fingerprint density at radius 1 is 1.54 bits per heavy atom. The van der Waals surface area contributed by atoms with Gasteiger partial charge in [-0.1, -0.05) is 6.07 Å². The van der Waals surface area contributed by atoms with Gasteiger partial charge in [0, 0.05) is 25.8 Å². The smallest absolute Gasteiger partial charge is 0.128 e. The van der Waals surface area contributed by atoms with Crippen molar-refractivity contribution in [1.29, 1.82) is 0 Å². The van der Waals surface area contributed by atoms with Gasteiger partial charge in [-0.3, -0.25) is 0 Å². The van der Waals surface area contributed by atoms with Crippen molar-refractivity contribution in [2.24, 2.45) is 5.73 Å². The van der Waals surface area contributed by atoms with E-state index in [9.17, 15) is 0 Å². The van der Waals surface area contributed by atoms with Crippen LogP contribution in [0.5, 0.6) is 0 Å². The van der Waals surface area contributed by atoms with Crippen LogP contribution in [0.2, 0.25) is 0 Å². The molecule has 0 saturated carbocycles. The SMILES string of the molecule is CCN(C)c1ccc(C(C)N)cn1. The molecule has 13 heavy (non-hydrogen) atoms. The van der Waals surface area contributed by atoms with Crippen LogP contribution in [0.25, 0.3) is 0 Å². The Labute approximate surface area is 79.6 Å². The number of rotatable bonds is 3. The number of hydrogen-bond donors (Lipinski definition) is 1. The summed E-state index contributed by atoms with van der Waals surface area (Å²) in [5.74, 6) is 0.993. The highest BCUT2D eigenvalue weighted by Gasteiger charge is 2.01. The molecule has 0 aliphatic heterocycles. The average Bonchev–Trinajstić information content (AvgIpc) is 2.17. The first-order valence-electron chi connectivity index (χ1n) is 4.57. The van der Waals surface area contributed by atoms with Gasteiger partial charge in [0.2, 0.25) is 0 Å². The maximum atomic E-state index is 5.72. The Balaban J connectivity index is 2.81. The number of aromatic nitrogens is 1. The molecule has 3 nitrogen and oxygen atoms in total. The molecule has 0 amide bonds. The zero-order valence-electron chi connectivity index (χ0n) is 8.49. The second-order valence-electron chi connectivity index (χ2n) is 3.25. The first kappa shape index (κ1) is 9.99. The van der Waals surface area contributed by atoms with Gasteiger partial charge in [-0.2, -0.15) is 0 Å². The number of nitrogens with zero attached hydrogens (tertiary/aromatic N) is 2. The van der Waals surface area contributed by atoms with E-state index in [0.717, 1.165) is 17.9 Å². The predicted octanol–water partition coefficient (Wildman–Crippen LogP) is 1.56. The monoisotopic (exact) mass is 179 g/mol. The van der Waals surface area contributed by atoms with Crippen LogP contribution in [0.15, 0.2) is 18.3 Å². The molecule has 2 N–H and O–H groups in total. The van der Waals surface area contributed by atoms with Gasteiger partial charge < -0.3 is 10.6 Å². The normalized spacial score (nSPS) is 12.6. The summed E-state index contributed by atoms with van der Waals surface area (Å²) in [4.78, 5) is 6.40. The van der Waals surface area contributed by atoms with E-state index >= 15 is 0 Å². The highest BCUT2D eigenvalue weighted by atomic mass is 15.1. The minimum absolute atomic E-state index is 0.0634. The van der Waals surface area contributed by atoms with Gasteiger partial charge in [-0.25, -0.2) is 4.98 Å². The van der Waals surface area contributed by atoms with Gasteiger partial charge in [0.25, 0.3) is 0 Å². The van der Waals surface area contributed by atoms with E-state index in [2.05, 4.69) is 16.8 Å². The molecule has 0 spiro atoms. The van der Waals surface area contributed by atoms with E-state index in [-0.39, 0.29) is 6.04 Å². The van der Waals surface area contributed by atoms with Crippen LogP contribution in [-0.2, 0) is 0 Å². The van der Waals surface area contributed by atoms with Crippen LogP contribution in [0.4, 0.5) is 5.82 Å². The summed E-state index contributed by atoms with van der Waals surface area (Å²) < 4.78 is 0. The lowest BCUT2D eigenvalue weighted by Gasteiger charge is -2.15. The summed E-state index contributed by atoms with van der Waals surface area (Å²) in [6.07, 6.45) is 1.84. The maximum Gasteiger partial charge on any atom is 0.128 e. The Hall–Kier alpha value is -1.09. The molecule has 0 radical (unpaired) electrons. The molecule has 1 atom stereocenters. The lowest BCUT2D eigenvalue weighted by molar-refractivity contribution is 0.808. The molecular weight excluding hydrogens is 162 g/mol. The van der Waals surface area contributed by atoms with E-state index in [4.69, 9.17) is 5.73 Å². The van der Waals surface area contributed by atoms with E-state index in [0.29, 0.717) is 0 Å². The molecule has 1 rings (SSSR count). The quantitative estimate of drug-likeness (QED) is 0.765. The minimum Gasteiger partial charge on any atom is -0.360 e. The highest BCUT2D eigenvalue weighted by Crippen LogP contribution is 2.12. The lowest BCUT2D eigenvalue weighted by atomic mass is 10.1. The Kier molecular flexibility index (Phi) is 3.25. The van der Waals surface area contributed by atoms with Crippen molar-refractivity contribution in [1.82, 2.24) is 4.98 Å². The van der Waals surface area contributed by atoms with Crippen molar-refractivity contribution >= 4 is 5.82 Å². The molecule has 72 valence electrons. The van der Waals surface area contributed by atoms with Crippen molar-refractivity contribution in [3.8, 4) is 0 Å². The van der Waals surface area contributed by atoms with E-state index in [1.165, 1.54) is 0 Å². The number of hydrogen-bond acceptors (Lipinski definition) is 3. The Bertz CT molecular complexity index is 253. The van der Waals surface area contributed by atoms with E-state index in [1.807, 2.05) is 32.3 Å². The molecule has 0 saturated heterocycles. The molecule has 1 aromatic heterocycles. The lowest BCUT2D eigenvalue weighted by Crippen LogP contribution is -2.17. The average molecular weight is 179 g/mol. The third-order valence-corrected chi connectivity index (χ3v) is 2.16. The van der Waals surface area contributed by atoms with Gasteiger partial charge in [-0.05, 0) is 25.5 Å². The van der Waals surface area contributed by atoms with Crippen molar-refractivity contribution in [3.05, 3.63) is 23.9 Å². The molecular formula is C10H17N3. The van der Waals surface area contributed by atoms with Gasteiger partial charge in [0.05, 0.1) is 0 Å². The summed E-state index contributed by atoms with van der Waals surface area (Å²) >= 11 is 0. The van der Waals surface area contributed by atoms with Gasteiger partial charge in [0.1, 0.15) is 5.82 Å². The van der Waals surface area contributed by atoms with Gasteiger partial charge in [-0.15, -0.1) is 0 Å². The number of nitrogens with two attached hydrogens (primary N) is 1. The highest BCUT2D eigenvalue weighted by molar-refractivity contribution is 5.38. The maximum absolute atomic E-state index is 5.72. The molecule has 0 aromatic carbocycles. The topological polar surface area (TPSA) is 42.1 Å². The summed E-state index contributed by atoms with van der Waals surface area (Å²) in [6, 6.07) is 4.09. The van der Waals surface area contributed by atoms with Crippen LogP contribution in [-0.4, -0.2) is 18.6 Å². The predicted molar refractivity (Wildman–Crippen MR) is 55.8 cm³/mol. The number of pyridine rings is 1. The second kappa shape index (κ2) is 4.23. The molecule has 0 bridgehead atoms. The van der Waals surface area contributed by atoms with Crippen LogP contribution in [0.3, 0.4) is 0 Å². The van der Waals surface area contributed by atoms with E-state index < -0.39 is 0 Å². The van der Waals surface area contributed by atoms with Crippen LogP contribution in [0, 0.1) is 0 Å². The zero-order valence-corrected chi connectivity index (χ0v) is 8.49. The van der Waals surface area contributed by atoms with Crippen molar-refractivity contribution in [2.45, 2.75) is 19.9 Å². The first-order chi connectivity index (χ1) is 6.15. The third kappa shape index (κ3) is 2.42. The molecule has 0 fully saturated rings. The second-order valence-corrected chi connectivity index (χ2v) is 3.25. The fourth-order valence-corrected chi connectivity index (χ4v) is 1.05. The molecule has 1 unspecified atom stereocenters. The third-order valence-electron chi connectivity index (χ3n) is 2.16. The van der Waals surface area contributed by atoms with Crippen molar-refractivity contribution in [2.75, 3.05) is 18.5 Å². The molecule has 3 heteroatoms. The fraction of sp³-hybridized carbons (Fsp3) is 0.500. The van der Waals surface area contributed by atoms with Gasteiger partial charge in [0.15, 0.2) is 0 Å². The summed E-state index contributed by atoms with van der Waals surface area (Å²) in [7, 11) is 2.02. The van der Waals surface area contributed by atoms with Crippen LogP contribution in [0.1, 0.15) is 25.5 Å². The first-order valence-corrected chi connectivity index (χ1v) is 4.57. The largest absolute Gasteiger partial charge is 0.360 e. The minimum atomic E-state index is 0.0634. The Morgan fingerprint density at radius 3 is 2.62 bits per heavy atom. The summed E-state index contributed by atoms with van der Waals surface area (Å²) in [6.45, 7) is 5.02. The van der Waals surface area contributed by atoms with Crippen molar-refractivity contribution in [3.63, 3.8) is 0 Å². The van der Waals surface area contributed by atoms with Crippen LogP contribution < -0.4 is 10.6 Å². The molecule has 0 aliphatic rings. The van der Waals surface area contributed by atoms with Gasteiger partial charge >= 0.3 is 0 Å².